The minimum Gasteiger partial charge on any atom is -0.238 e. The molecule has 0 radical (unpaired) electrons. The lowest BCUT2D eigenvalue weighted by Gasteiger charge is -2.06. The smallest absolute Gasteiger partial charge is 0.178 e. The third-order valence-electron chi connectivity index (χ3n) is 3.25. The van der Waals surface area contributed by atoms with Crippen molar-refractivity contribution in [3.63, 3.8) is 0 Å². The van der Waals surface area contributed by atoms with E-state index in [4.69, 9.17) is 0 Å². The summed E-state index contributed by atoms with van der Waals surface area (Å²) in [6.45, 7) is 7.50. The van der Waals surface area contributed by atoms with Crippen molar-refractivity contribution in [2.45, 2.75) is 9.92 Å². The van der Waals surface area contributed by atoms with E-state index in [1.165, 1.54) is 23.9 Å². The Morgan fingerprint density at radius 2 is 1.75 bits per heavy atom. The fourth-order valence-corrected chi connectivity index (χ4v) is 2.87. The van der Waals surface area contributed by atoms with Crippen molar-refractivity contribution in [3.8, 4) is 11.5 Å². The highest BCUT2D eigenvalue weighted by Gasteiger charge is 2.08. The van der Waals surface area contributed by atoms with Crippen LogP contribution in [0.15, 0.2) is 71.7 Å². The lowest BCUT2D eigenvalue weighted by Crippen LogP contribution is -1.96. The molecule has 3 aromatic rings. The Morgan fingerprint density at radius 3 is 2.46 bits per heavy atom. The summed E-state index contributed by atoms with van der Waals surface area (Å²) >= 11 is 1.45. The van der Waals surface area contributed by atoms with Gasteiger partial charge in [0.1, 0.15) is 16.5 Å². The summed E-state index contributed by atoms with van der Waals surface area (Å²) in [6.07, 6.45) is 5.06. The molecule has 0 amide bonds. The highest BCUT2D eigenvalue weighted by molar-refractivity contribution is 7.99. The van der Waals surface area contributed by atoms with Gasteiger partial charge in [-0.05, 0) is 42.5 Å². The fraction of sp³-hybridized carbons (Fsp3) is 0. The van der Waals surface area contributed by atoms with Gasteiger partial charge in [-0.15, -0.1) is 0 Å². The average molecular weight is 335 g/mol. The van der Waals surface area contributed by atoms with Crippen molar-refractivity contribution in [1.82, 2.24) is 15.0 Å². The second-order valence-electron chi connectivity index (χ2n) is 4.86. The van der Waals surface area contributed by atoms with Gasteiger partial charge in [0.15, 0.2) is 5.82 Å². The van der Waals surface area contributed by atoms with Gasteiger partial charge < -0.3 is 0 Å². The van der Waals surface area contributed by atoms with Gasteiger partial charge in [-0.2, -0.15) is 0 Å². The van der Waals surface area contributed by atoms with Crippen LogP contribution in [0.5, 0.6) is 0 Å². The van der Waals surface area contributed by atoms with Crippen LogP contribution in [-0.4, -0.2) is 15.0 Å². The van der Waals surface area contributed by atoms with Gasteiger partial charge in [-0.1, -0.05) is 37.1 Å². The predicted molar refractivity (Wildman–Crippen MR) is 96.0 cm³/mol. The lowest BCUT2D eigenvalue weighted by molar-refractivity contribution is 0.626. The summed E-state index contributed by atoms with van der Waals surface area (Å²) in [5.41, 5.74) is 2.21. The second kappa shape index (κ2) is 7.19. The van der Waals surface area contributed by atoms with E-state index in [1.807, 2.05) is 18.2 Å². The molecular weight excluding hydrogens is 321 g/mol. The molecule has 0 atom stereocenters. The van der Waals surface area contributed by atoms with Crippen LogP contribution in [0.2, 0.25) is 0 Å². The molecule has 3 nitrogen and oxygen atoms in total. The van der Waals surface area contributed by atoms with Crippen LogP contribution in [0.1, 0.15) is 11.3 Å². The van der Waals surface area contributed by atoms with E-state index >= 15 is 0 Å². The predicted octanol–water partition coefficient (Wildman–Crippen LogP) is 5.11. The number of aromatic nitrogens is 3. The van der Waals surface area contributed by atoms with E-state index in [-0.39, 0.29) is 5.82 Å². The highest BCUT2D eigenvalue weighted by atomic mass is 32.2. The SMILES string of the molecule is C=Cc1cnc(-c2cccc(Sc3ccc(F)cc3)n2)nc1C=C. The number of pyridine rings is 1. The second-order valence-corrected chi connectivity index (χ2v) is 5.95. The van der Waals surface area contributed by atoms with Gasteiger partial charge in [0, 0.05) is 16.7 Å². The van der Waals surface area contributed by atoms with E-state index in [9.17, 15) is 4.39 Å². The van der Waals surface area contributed by atoms with Crippen LogP contribution >= 0.6 is 11.8 Å². The molecular formula is C19H14FN3S. The molecule has 118 valence electrons. The van der Waals surface area contributed by atoms with Gasteiger partial charge in [-0.3, -0.25) is 0 Å². The number of nitrogens with zero attached hydrogens (tertiary/aromatic N) is 3. The molecule has 0 aliphatic rings. The van der Waals surface area contributed by atoms with Gasteiger partial charge in [0.25, 0.3) is 0 Å². The molecule has 0 saturated carbocycles. The summed E-state index contributed by atoms with van der Waals surface area (Å²) in [6, 6.07) is 11.9. The molecule has 24 heavy (non-hydrogen) atoms. The summed E-state index contributed by atoms with van der Waals surface area (Å²) < 4.78 is 13.0. The Labute approximate surface area is 144 Å². The van der Waals surface area contributed by atoms with Crippen molar-refractivity contribution < 1.29 is 4.39 Å². The fourth-order valence-electron chi connectivity index (χ4n) is 2.07. The minimum absolute atomic E-state index is 0.256. The molecule has 0 bridgehead atoms. The zero-order chi connectivity index (χ0) is 16.9. The van der Waals surface area contributed by atoms with Crippen LogP contribution < -0.4 is 0 Å². The zero-order valence-corrected chi connectivity index (χ0v) is 13.6. The van der Waals surface area contributed by atoms with Crippen LogP contribution in [0.4, 0.5) is 4.39 Å². The molecule has 0 spiro atoms. The molecule has 3 rings (SSSR count). The quantitative estimate of drug-likeness (QED) is 0.649. The Kier molecular flexibility index (Phi) is 4.82. The maximum absolute atomic E-state index is 13.0. The first kappa shape index (κ1) is 16.1. The maximum atomic E-state index is 13.0. The monoisotopic (exact) mass is 335 g/mol. The van der Waals surface area contributed by atoms with Gasteiger partial charge in [0.2, 0.25) is 0 Å². The van der Waals surface area contributed by atoms with Crippen LogP contribution in [0.3, 0.4) is 0 Å². The van der Waals surface area contributed by atoms with E-state index in [2.05, 4.69) is 28.1 Å². The Balaban J connectivity index is 1.91. The molecule has 0 N–H and O–H groups in total. The largest absolute Gasteiger partial charge is 0.238 e. The molecule has 0 unspecified atom stereocenters. The molecule has 0 aliphatic heterocycles. The van der Waals surface area contributed by atoms with E-state index in [0.717, 1.165) is 15.5 Å². The Morgan fingerprint density at radius 1 is 0.958 bits per heavy atom. The average Bonchev–Trinajstić information content (AvgIpc) is 2.63. The summed E-state index contributed by atoms with van der Waals surface area (Å²) in [7, 11) is 0. The third-order valence-corrected chi connectivity index (χ3v) is 4.19. The summed E-state index contributed by atoms with van der Waals surface area (Å²) in [4.78, 5) is 14.3. The normalized spacial score (nSPS) is 10.4. The third kappa shape index (κ3) is 3.58. The standard InChI is InChI=1S/C19H14FN3S/c1-3-13-12-21-19(23-16(13)4-2)17-6-5-7-18(22-17)24-15-10-8-14(20)9-11-15/h3-12H,1-2H2. The van der Waals surface area contributed by atoms with Crippen LogP contribution in [0, 0.1) is 5.82 Å². The van der Waals surface area contributed by atoms with Crippen molar-refractivity contribution in [1.29, 1.82) is 0 Å². The lowest BCUT2D eigenvalue weighted by atomic mass is 10.2. The Hall–Kier alpha value is -2.79. The molecule has 0 aliphatic carbocycles. The van der Waals surface area contributed by atoms with Crippen LogP contribution in [-0.2, 0) is 0 Å². The Bertz CT molecular complexity index is 891. The van der Waals surface area contributed by atoms with Gasteiger partial charge in [-0.25, -0.2) is 19.3 Å². The van der Waals surface area contributed by atoms with Crippen molar-refractivity contribution >= 4 is 23.9 Å². The first-order valence-electron chi connectivity index (χ1n) is 7.22. The number of hydrogen-bond acceptors (Lipinski definition) is 4. The van der Waals surface area contributed by atoms with E-state index < -0.39 is 0 Å². The van der Waals surface area contributed by atoms with Gasteiger partial charge in [0.05, 0.1) is 5.69 Å². The van der Waals surface area contributed by atoms with Gasteiger partial charge >= 0.3 is 0 Å². The topological polar surface area (TPSA) is 38.7 Å². The zero-order valence-electron chi connectivity index (χ0n) is 12.8. The summed E-state index contributed by atoms with van der Waals surface area (Å²) in [5.74, 6) is 0.269. The first-order valence-corrected chi connectivity index (χ1v) is 8.04. The minimum atomic E-state index is -0.256. The summed E-state index contributed by atoms with van der Waals surface area (Å²) in [5, 5.41) is 0.788. The van der Waals surface area contributed by atoms with Crippen molar-refractivity contribution in [3.05, 3.63) is 78.9 Å². The first-order chi connectivity index (χ1) is 11.7. The highest BCUT2D eigenvalue weighted by Crippen LogP contribution is 2.27. The van der Waals surface area contributed by atoms with Crippen LogP contribution in [0.25, 0.3) is 23.7 Å². The number of benzene rings is 1. The number of hydrogen-bond donors (Lipinski definition) is 0. The van der Waals surface area contributed by atoms with E-state index in [0.29, 0.717) is 17.2 Å². The number of halogens is 1. The molecule has 1 aromatic carbocycles. The molecule has 2 aromatic heterocycles. The molecule has 2 heterocycles. The van der Waals surface area contributed by atoms with E-state index in [1.54, 1.807) is 30.5 Å². The number of rotatable bonds is 5. The molecule has 5 heteroatoms. The van der Waals surface area contributed by atoms with Crippen molar-refractivity contribution in [2.75, 3.05) is 0 Å². The molecule has 0 saturated heterocycles. The maximum Gasteiger partial charge on any atom is 0.178 e. The molecule has 0 fully saturated rings. The van der Waals surface area contributed by atoms with Crippen molar-refractivity contribution in [2.24, 2.45) is 0 Å².